The van der Waals surface area contributed by atoms with Gasteiger partial charge in [-0.15, -0.1) is 23.1 Å². The molecule has 1 aromatic heterocycles. The van der Waals surface area contributed by atoms with Crippen LogP contribution in [0.25, 0.3) is 0 Å². The smallest absolute Gasteiger partial charge is 0.279 e. The van der Waals surface area contributed by atoms with E-state index < -0.39 is 5.92 Å². The molecule has 146 valence electrons. The summed E-state index contributed by atoms with van der Waals surface area (Å²) in [6.45, 7) is 0.312. The van der Waals surface area contributed by atoms with E-state index in [-0.39, 0.29) is 24.1 Å². The van der Waals surface area contributed by atoms with Crippen LogP contribution in [0.15, 0.2) is 35.2 Å². The molecule has 1 aliphatic carbocycles. The van der Waals surface area contributed by atoms with Crippen molar-refractivity contribution in [3.05, 3.63) is 45.6 Å². The molecule has 1 saturated heterocycles. The quantitative estimate of drug-likeness (QED) is 0.595. The number of aryl methyl sites for hydroxylation is 2. The van der Waals surface area contributed by atoms with E-state index in [9.17, 15) is 14.4 Å². The van der Waals surface area contributed by atoms with Crippen molar-refractivity contribution < 1.29 is 14.4 Å². The van der Waals surface area contributed by atoms with Crippen LogP contribution in [-0.4, -0.2) is 30.5 Å². The highest BCUT2D eigenvalue weighted by Crippen LogP contribution is 2.30. The van der Waals surface area contributed by atoms with Gasteiger partial charge >= 0.3 is 0 Å². The molecule has 0 spiro atoms. The number of anilines is 1. The summed E-state index contributed by atoms with van der Waals surface area (Å²) < 4.78 is 0. The number of carbonyl (C=O) groups excluding carboxylic acids is 3. The maximum Gasteiger partial charge on any atom is 0.279 e. The normalized spacial score (nSPS) is 18.2. The van der Waals surface area contributed by atoms with Gasteiger partial charge in [-0.2, -0.15) is 0 Å². The van der Waals surface area contributed by atoms with Crippen molar-refractivity contribution in [2.75, 3.05) is 17.7 Å². The molecule has 1 aliphatic heterocycles. The van der Waals surface area contributed by atoms with Crippen LogP contribution in [-0.2, 0) is 22.4 Å². The largest absolute Gasteiger partial charge is 0.312 e. The van der Waals surface area contributed by atoms with Crippen LogP contribution in [0.3, 0.4) is 0 Å². The topological polar surface area (TPSA) is 78.5 Å². The first-order valence-electron chi connectivity index (χ1n) is 9.21. The van der Waals surface area contributed by atoms with Gasteiger partial charge in [0.1, 0.15) is 0 Å². The van der Waals surface area contributed by atoms with Crippen LogP contribution in [0, 0.1) is 5.92 Å². The van der Waals surface area contributed by atoms with Crippen LogP contribution in [0.5, 0.6) is 0 Å². The second-order valence-electron chi connectivity index (χ2n) is 6.96. The maximum atomic E-state index is 12.4. The Bertz CT molecular complexity index is 902. The molecule has 0 bridgehead atoms. The Morgan fingerprint density at radius 1 is 1.18 bits per heavy atom. The van der Waals surface area contributed by atoms with Gasteiger partial charge in [0.15, 0.2) is 0 Å². The number of nitrogens with one attached hydrogen (secondary N) is 2. The number of hydrogen-bond acceptors (Lipinski definition) is 5. The molecular weight excluding hydrogens is 394 g/mol. The van der Waals surface area contributed by atoms with E-state index in [4.69, 9.17) is 0 Å². The van der Waals surface area contributed by atoms with Gasteiger partial charge in [-0.3, -0.25) is 25.2 Å². The Kier molecular flexibility index (Phi) is 5.41. The second-order valence-corrected chi connectivity index (χ2v) is 8.98. The van der Waals surface area contributed by atoms with E-state index >= 15 is 0 Å². The number of nitrogens with zero attached hydrogens (tertiary/aromatic N) is 1. The summed E-state index contributed by atoms with van der Waals surface area (Å²) in [5.74, 6) is -1.21. The zero-order chi connectivity index (χ0) is 19.7. The van der Waals surface area contributed by atoms with Gasteiger partial charge in [0, 0.05) is 28.4 Å². The minimum absolute atomic E-state index is 0.0851. The van der Waals surface area contributed by atoms with Crippen molar-refractivity contribution >= 4 is 46.5 Å². The number of amides is 3. The fourth-order valence-electron chi connectivity index (χ4n) is 3.62. The molecule has 0 saturated carbocycles. The molecule has 1 atom stereocenters. The molecule has 1 aromatic carbocycles. The number of carbonyl (C=O) groups is 3. The van der Waals surface area contributed by atoms with Crippen molar-refractivity contribution in [3.63, 3.8) is 0 Å². The monoisotopic (exact) mass is 415 g/mol. The van der Waals surface area contributed by atoms with Crippen LogP contribution in [0.2, 0.25) is 0 Å². The van der Waals surface area contributed by atoms with Crippen molar-refractivity contribution in [2.24, 2.45) is 5.92 Å². The van der Waals surface area contributed by atoms with Gasteiger partial charge in [0.05, 0.1) is 10.8 Å². The molecule has 28 heavy (non-hydrogen) atoms. The van der Waals surface area contributed by atoms with Gasteiger partial charge in [-0.25, -0.2) is 0 Å². The number of hydrazine groups is 1. The van der Waals surface area contributed by atoms with Crippen LogP contribution in [0.4, 0.5) is 5.69 Å². The highest BCUT2D eigenvalue weighted by atomic mass is 32.2. The van der Waals surface area contributed by atoms with E-state index in [1.54, 1.807) is 16.7 Å². The summed E-state index contributed by atoms with van der Waals surface area (Å²) in [5, 5.41) is 0. The lowest BCUT2D eigenvalue weighted by Gasteiger charge is -2.17. The summed E-state index contributed by atoms with van der Waals surface area (Å²) in [7, 11) is 0. The molecule has 2 aliphatic rings. The van der Waals surface area contributed by atoms with Crippen molar-refractivity contribution in [1.82, 2.24) is 10.9 Å². The highest BCUT2D eigenvalue weighted by Gasteiger charge is 2.35. The Balaban J connectivity index is 1.33. The number of thiophene rings is 1. The third kappa shape index (κ3) is 3.79. The molecule has 1 fully saturated rings. The predicted molar refractivity (Wildman–Crippen MR) is 111 cm³/mol. The molecule has 3 amide bonds. The Labute approximate surface area is 171 Å². The maximum absolute atomic E-state index is 12.4. The highest BCUT2D eigenvalue weighted by molar-refractivity contribution is 7.98. The van der Waals surface area contributed by atoms with E-state index in [0.717, 1.165) is 29.8 Å². The lowest BCUT2D eigenvalue weighted by atomic mass is 10.1. The first-order chi connectivity index (χ1) is 13.5. The van der Waals surface area contributed by atoms with Crippen LogP contribution in [0.1, 0.15) is 33.0 Å². The fraction of sp³-hybridized carbons (Fsp3) is 0.350. The summed E-state index contributed by atoms with van der Waals surface area (Å²) in [5.41, 5.74) is 7.00. The zero-order valence-electron chi connectivity index (χ0n) is 15.5. The molecule has 2 heterocycles. The first kappa shape index (κ1) is 19.0. The molecule has 0 radical (unpaired) electrons. The van der Waals surface area contributed by atoms with E-state index in [1.165, 1.54) is 21.8 Å². The SMILES string of the molecule is CSc1ccc(N2CC(C(=O)NNC(=O)c3cc4c(s3)CCC4)CC2=O)cc1. The van der Waals surface area contributed by atoms with Gasteiger partial charge in [0.2, 0.25) is 11.8 Å². The molecule has 4 rings (SSSR count). The molecule has 2 aromatic rings. The van der Waals surface area contributed by atoms with Gasteiger partial charge in [0.25, 0.3) is 5.91 Å². The van der Waals surface area contributed by atoms with Crippen molar-refractivity contribution in [3.8, 4) is 0 Å². The first-order valence-corrected chi connectivity index (χ1v) is 11.3. The van der Waals surface area contributed by atoms with E-state index in [1.807, 2.05) is 36.6 Å². The van der Waals surface area contributed by atoms with Crippen molar-refractivity contribution in [2.45, 2.75) is 30.6 Å². The van der Waals surface area contributed by atoms with Crippen LogP contribution < -0.4 is 15.8 Å². The molecule has 6 nitrogen and oxygen atoms in total. The summed E-state index contributed by atoms with van der Waals surface area (Å²) >= 11 is 3.12. The summed E-state index contributed by atoms with van der Waals surface area (Å²) in [6, 6.07) is 9.61. The molecule has 1 unspecified atom stereocenters. The van der Waals surface area contributed by atoms with Gasteiger partial charge in [-0.05, 0) is 61.4 Å². The third-order valence-corrected chi connectivity index (χ3v) is 7.13. The van der Waals surface area contributed by atoms with Crippen molar-refractivity contribution in [1.29, 1.82) is 0 Å². The number of hydrogen-bond donors (Lipinski definition) is 2. The number of benzene rings is 1. The van der Waals surface area contributed by atoms with Crippen LogP contribution >= 0.6 is 23.1 Å². The number of thioether (sulfide) groups is 1. The van der Waals surface area contributed by atoms with Gasteiger partial charge < -0.3 is 4.90 Å². The lowest BCUT2D eigenvalue weighted by molar-refractivity contribution is -0.126. The molecule has 8 heteroatoms. The van der Waals surface area contributed by atoms with E-state index in [2.05, 4.69) is 10.9 Å². The predicted octanol–water partition coefficient (Wildman–Crippen LogP) is 2.77. The number of fused-ring (bicyclic) bond motifs is 1. The Morgan fingerprint density at radius 3 is 2.68 bits per heavy atom. The van der Waals surface area contributed by atoms with E-state index in [0.29, 0.717) is 11.4 Å². The minimum atomic E-state index is -0.485. The standard InChI is InChI=1S/C20H21N3O3S2/c1-27-15-7-5-14(6-8-15)23-11-13(10-18(23)24)19(25)21-22-20(26)17-9-12-3-2-4-16(12)28-17/h5-9,13H,2-4,10-11H2,1H3,(H,21,25)(H,22,26). The minimum Gasteiger partial charge on any atom is -0.312 e. The summed E-state index contributed by atoms with van der Waals surface area (Å²) in [6.07, 6.45) is 5.32. The Hall–Kier alpha value is -2.32. The average molecular weight is 416 g/mol. The summed E-state index contributed by atoms with van der Waals surface area (Å²) in [4.78, 5) is 41.7. The zero-order valence-corrected chi connectivity index (χ0v) is 17.1. The molecule has 2 N–H and O–H groups in total. The second kappa shape index (κ2) is 7.97. The number of rotatable bonds is 4. The molecular formula is C20H21N3O3S2. The fourth-order valence-corrected chi connectivity index (χ4v) is 5.17. The third-order valence-electron chi connectivity index (χ3n) is 5.15. The van der Waals surface area contributed by atoms with Gasteiger partial charge in [-0.1, -0.05) is 0 Å². The lowest BCUT2D eigenvalue weighted by Crippen LogP contribution is -2.45. The Morgan fingerprint density at radius 2 is 1.96 bits per heavy atom. The average Bonchev–Trinajstić information content (AvgIpc) is 3.40.